The average molecular weight is 386 g/mol. The molecule has 0 atom stereocenters. The standard InChI is InChI=1S/C20H26N4O4/c1-14-5-3-6-17(15(14)2)28-13-18(25)24-8-4-7-23(9-10-24)12-16-11-21-22-19(16)20(26)27/h3,5-6,11H,4,7-10,12-13H2,1-2H3,(H,21,22)(H,26,27). The fourth-order valence-electron chi connectivity index (χ4n) is 3.35. The van der Waals surface area contributed by atoms with Gasteiger partial charge in [0, 0.05) is 38.3 Å². The SMILES string of the molecule is Cc1cccc(OCC(=O)N2CCCN(Cc3cn[nH]c3C(=O)O)CC2)c1C. The predicted octanol–water partition coefficient (Wildman–Crippen LogP) is 1.84. The van der Waals surface area contributed by atoms with Crippen molar-refractivity contribution in [1.29, 1.82) is 0 Å². The summed E-state index contributed by atoms with van der Waals surface area (Å²) >= 11 is 0. The van der Waals surface area contributed by atoms with Crippen molar-refractivity contribution >= 4 is 11.9 Å². The summed E-state index contributed by atoms with van der Waals surface area (Å²) in [5.41, 5.74) is 2.96. The number of nitrogens with zero attached hydrogens (tertiary/aromatic N) is 3. The molecule has 0 radical (unpaired) electrons. The molecule has 1 aromatic carbocycles. The molecule has 28 heavy (non-hydrogen) atoms. The van der Waals surface area contributed by atoms with Gasteiger partial charge in [-0.15, -0.1) is 0 Å². The fraction of sp³-hybridized carbons (Fsp3) is 0.450. The Morgan fingerprint density at radius 1 is 1.21 bits per heavy atom. The van der Waals surface area contributed by atoms with Gasteiger partial charge in [-0.1, -0.05) is 12.1 Å². The number of hydrogen-bond donors (Lipinski definition) is 2. The average Bonchev–Trinajstić information content (AvgIpc) is 3.00. The number of H-pyrrole nitrogens is 1. The maximum absolute atomic E-state index is 12.6. The molecule has 0 unspecified atom stereocenters. The Balaban J connectivity index is 1.53. The third-order valence-electron chi connectivity index (χ3n) is 5.17. The number of carbonyl (C=O) groups excluding carboxylic acids is 1. The van der Waals surface area contributed by atoms with Crippen LogP contribution in [-0.4, -0.2) is 69.8 Å². The van der Waals surface area contributed by atoms with Crippen LogP contribution in [0.25, 0.3) is 0 Å². The van der Waals surface area contributed by atoms with E-state index in [1.165, 1.54) is 0 Å². The molecular formula is C20H26N4O4. The molecule has 1 aliphatic rings. The summed E-state index contributed by atoms with van der Waals surface area (Å²) in [6.07, 6.45) is 2.38. The highest BCUT2D eigenvalue weighted by atomic mass is 16.5. The fourth-order valence-corrected chi connectivity index (χ4v) is 3.35. The molecule has 0 aliphatic carbocycles. The maximum Gasteiger partial charge on any atom is 0.354 e. The second kappa shape index (κ2) is 8.88. The first-order valence-corrected chi connectivity index (χ1v) is 9.40. The molecule has 2 heterocycles. The number of aromatic amines is 1. The van der Waals surface area contributed by atoms with Gasteiger partial charge in [-0.2, -0.15) is 5.10 Å². The van der Waals surface area contributed by atoms with E-state index in [2.05, 4.69) is 15.1 Å². The molecule has 0 saturated carbocycles. The number of carbonyl (C=O) groups is 2. The number of rotatable bonds is 6. The van der Waals surface area contributed by atoms with Crippen molar-refractivity contribution in [2.45, 2.75) is 26.8 Å². The van der Waals surface area contributed by atoms with Gasteiger partial charge in [-0.25, -0.2) is 4.79 Å². The van der Waals surface area contributed by atoms with Crippen LogP contribution in [0.15, 0.2) is 24.4 Å². The molecule has 3 rings (SSSR count). The Labute approximate surface area is 164 Å². The first-order chi connectivity index (χ1) is 13.5. The Morgan fingerprint density at radius 2 is 2.04 bits per heavy atom. The van der Waals surface area contributed by atoms with Crippen LogP contribution in [0.1, 0.15) is 33.6 Å². The zero-order valence-corrected chi connectivity index (χ0v) is 16.3. The number of aromatic nitrogens is 2. The van der Waals surface area contributed by atoms with E-state index in [1.807, 2.05) is 36.9 Å². The normalized spacial score (nSPS) is 15.3. The highest BCUT2D eigenvalue weighted by Gasteiger charge is 2.22. The molecule has 2 N–H and O–H groups in total. The lowest BCUT2D eigenvalue weighted by molar-refractivity contribution is -0.133. The number of nitrogens with one attached hydrogen (secondary N) is 1. The molecule has 1 aliphatic heterocycles. The molecule has 2 aromatic rings. The van der Waals surface area contributed by atoms with Crippen molar-refractivity contribution in [2.75, 3.05) is 32.8 Å². The molecule has 150 valence electrons. The van der Waals surface area contributed by atoms with Crippen LogP contribution >= 0.6 is 0 Å². The van der Waals surface area contributed by atoms with Crippen LogP contribution in [-0.2, 0) is 11.3 Å². The monoisotopic (exact) mass is 386 g/mol. The maximum atomic E-state index is 12.6. The highest BCUT2D eigenvalue weighted by Crippen LogP contribution is 2.20. The van der Waals surface area contributed by atoms with E-state index in [0.29, 0.717) is 31.7 Å². The van der Waals surface area contributed by atoms with E-state index in [9.17, 15) is 14.7 Å². The Morgan fingerprint density at radius 3 is 2.82 bits per heavy atom. The Hall–Kier alpha value is -2.87. The minimum atomic E-state index is -1.01. The quantitative estimate of drug-likeness (QED) is 0.786. The number of amides is 1. The summed E-state index contributed by atoms with van der Waals surface area (Å²) in [4.78, 5) is 27.8. The lowest BCUT2D eigenvalue weighted by atomic mass is 10.1. The number of aromatic carboxylic acids is 1. The van der Waals surface area contributed by atoms with Crippen molar-refractivity contribution < 1.29 is 19.4 Å². The minimum Gasteiger partial charge on any atom is -0.483 e. The molecule has 1 amide bonds. The van der Waals surface area contributed by atoms with E-state index >= 15 is 0 Å². The second-order valence-corrected chi connectivity index (χ2v) is 7.07. The van der Waals surface area contributed by atoms with Crippen molar-refractivity contribution in [3.05, 3.63) is 46.8 Å². The van der Waals surface area contributed by atoms with E-state index in [1.54, 1.807) is 6.20 Å². The Kier molecular flexibility index (Phi) is 6.30. The summed E-state index contributed by atoms with van der Waals surface area (Å²) in [5, 5.41) is 15.5. The van der Waals surface area contributed by atoms with Gasteiger partial charge in [0.05, 0.1) is 6.20 Å². The summed E-state index contributed by atoms with van der Waals surface area (Å²) in [6.45, 7) is 7.26. The van der Waals surface area contributed by atoms with Crippen molar-refractivity contribution in [1.82, 2.24) is 20.0 Å². The van der Waals surface area contributed by atoms with Gasteiger partial charge in [0.15, 0.2) is 6.61 Å². The van der Waals surface area contributed by atoms with E-state index < -0.39 is 5.97 Å². The number of benzene rings is 1. The van der Waals surface area contributed by atoms with Gasteiger partial charge in [0.2, 0.25) is 0 Å². The van der Waals surface area contributed by atoms with Gasteiger partial charge >= 0.3 is 5.97 Å². The van der Waals surface area contributed by atoms with Gasteiger partial charge < -0.3 is 14.7 Å². The van der Waals surface area contributed by atoms with Crippen molar-refractivity contribution in [3.63, 3.8) is 0 Å². The van der Waals surface area contributed by atoms with Crippen LogP contribution in [0.3, 0.4) is 0 Å². The molecule has 8 heteroatoms. The molecule has 1 fully saturated rings. The smallest absolute Gasteiger partial charge is 0.354 e. The first kappa shape index (κ1) is 19.9. The zero-order valence-electron chi connectivity index (χ0n) is 16.3. The third-order valence-corrected chi connectivity index (χ3v) is 5.17. The summed E-state index contributed by atoms with van der Waals surface area (Å²) in [6, 6.07) is 5.82. The Bertz CT molecular complexity index is 848. The summed E-state index contributed by atoms with van der Waals surface area (Å²) < 4.78 is 5.75. The molecule has 0 bridgehead atoms. The van der Waals surface area contributed by atoms with Crippen LogP contribution in [0.4, 0.5) is 0 Å². The van der Waals surface area contributed by atoms with Gasteiger partial charge in [-0.3, -0.25) is 14.8 Å². The molecule has 1 aromatic heterocycles. The summed E-state index contributed by atoms with van der Waals surface area (Å²) in [7, 11) is 0. The van der Waals surface area contributed by atoms with E-state index in [-0.39, 0.29) is 18.2 Å². The van der Waals surface area contributed by atoms with Crippen LogP contribution in [0.5, 0.6) is 5.75 Å². The molecule has 0 spiro atoms. The number of hydrogen-bond acceptors (Lipinski definition) is 5. The molecule has 1 saturated heterocycles. The number of ether oxygens (including phenoxy) is 1. The lowest BCUT2D eigenvalue weighted by Crippen LogP contribution is -2.38. The van der Waals surface area contributed by atoms with Crippen LogP contribution < -0.4 is 4.74 Å². The largest absolute Gasteiger partial charge is 0.483 e. The predicted molar refractivity (Wildman–Crippen MR) is 103 cm³/mol. The van der Waals surface area contributed by atoms with Gasteiger partial charge in [0.25, 0.3) is 5.91 Å². The van der Waals surface area contributed by atoms with Crippen molar-refractivity contribution in [2.24, 2.45) is 0 Å². The topological polar surface area (TPSA) is 98.8 Å². The first-order valence-electron chi connectivity index (χ1n) is 9.40. The minimum absolute atomic E-state index is 0.0230. The highest BCUT2D eigenvalue weighted by molar-refractivity contribution is 5.86. The van der Waals surface area contributed by atoms with Crippen LogP contribution in [0.2, 0.25) is 0 Å². The van der Waals surface area contributed by atoms with Gasteiger partial charge in [0.1, 0.15) is 11.4 Å². The van der Waals surface area contributed by atoms with E-state index in [0.717, 1.165) is 29.8 Å². The third kappa shape index (κ3) is 4.69. The second-order valence-electron chi connectivity index (χ2n) is 7.07. The number of carboxylic acid groups (broad SMARTS) is 1. The van der Waals surface area contributed by atoms with Crippen molar-refractivity contribution in [3.8, 4) is 5.75 Å². The lowest BCUT2D eigenvalue weighted by Gasteiger charge is -2.22. The molecule has 8 nitrogen and oxygen atoms in total. The molecular weight excluding hydrogens is 360 g/mol. The summed E-state index contributed by atoms with van der Waals surface area (Å²) in [5.74, 6) is -0.300. The number of aryl methyl sites for hydroxylation is 1. The van der Waals surface area contributed by atoms with Gasteiger partial charge in [-0.05, 0) is 37.5 Å². The van der Waals surface area contributed by atoms with E-state index in [4.69, 9.17) is 4.74 Å². The zero-order chi connectivity index (χ0) is 20.1. The van der Waals surface area contributed by atoms with Crippen LogP contribution in [0, 0.1) is 13.8 Å². The number of carboxylic acids is 1.